The van der Waals surface area contributed by atoms with Crippen molar-refractivity contribution in [2.45, 2.75) is 44.6 Å². The normalized spacial score (nSPS) is 17.4. The summed E-state index contributed by atoms with van der Waals surface area (Å²) < 4.78 is 1.60. The van der Waals surface area contributed by atoms with Gasteiger partial charge in [-0.1, -0.05) is 25.3 Å². The first-order valence-corrected chi connectivity index (χ1v) is 7.19. The zero-order valence-corrected chi connectivity index (χ0v) is 12.0. The number of carbonyl (C=O) groups is 1. The standard InChI is InChI=1S/C14H18N6O/c1-11-6-5-9-15-12(11)17-13(21)14(7-3-2-4-8-14)20-10-16-18-19-20/h5-6,9-10H,2-4,7-8H2,1H3,(H,15,17,21). The van der Waals surface area contributed by atoms with Gasteiger partial charge in [-0.05, 0) is 41.8 Å². The number of nitrogens with zero attached hydrogens (tertiary/aromatic N) is 5. The van der Waals surface area contributed by atoms with Gasteiger partial charge in [0, 0.05) is 6.20 Å². The van der Waals surface area contributed by atoms with E-state index in [4.69, 9.17) is 0 Å². The van der Waals surface area contributed by atoms with E-state index in [1.807, 2.05) is 19.1 Å². The molecule has 0 atom stereocenters. The fourth-order valence-corrected chi connectivity index (χ4v) is 2.89. The van der Waals surface area contributed by atoms with E-state index >= 15 is 0 Å². The van der Waals surface area contributed by atoms with Crippen LogP contribution in [0.2, 0.25) is 0 Å². The minimum absolute atomic E-state index is 0.0868. The molecule has 21 heavy (non-hydrogen) atoms. The Hall–Kier alpha value is -2.31. The van der Waals surface area contributed by atoms with Gasteiger partial charge in [-0.25, -0.2) is 9.67 Å². The van der Waals surface area contributed by atoms with E-state index in [2.05, 4.69) is 25.8 Å². The fraction of sp³-hybridized carbons (Fsp3) is 0.500. The maximum atomic E-state index is 12.9. The molecule has 7 heteroatoms. The molecule has 2 aromatic heterocycles. The second kappa shape index (κ2) is 5.59. The Labute approximate surface area is 122 Å². The van der Waals surface area contributed by atoms with Crippen LogP contribution in [0.1, 0.15) is 37.7 Å². The lowest BCUT2D eigenvalue weighted by atomic mass is 9.81. The Morgan fingerprint density at radius 3 is 2.81 bits per heavy atom. The summed E-state index contributed by atoms with van der Waals surface area (Å²) >= 11 is 0. The van der Waals surface area contributed by atoms with E-state index in [1.165, 1.54) is 6.33 Å². The van der Waals surface area contributed by atoms with Gasteiger partial charge < -0.3 is 5.32 Å². The van der Waals surface area contributed by atoms with E-state index in [0.29, 0.717) is 5.82 Å². The zero-order chi connectivity index (χ0) is 14.7. The van der Waals surface area contributed by atoms with Crippen LogP contribution >= 0.6 is 0 Å². The molecule has 0 saturated heterocycles. The van der Waals surface area contributed by atoms with Crippen LogP contribution in [0.3, 0.4) is 0 Å². The average molecular weight is 286 g/mol. The van der Waals surface area contributed by atoms with Crippen molar-refractivity contribution in [1.29, 1.82) is 0 Å². The molecule has 2 aromatic rings. The van der Waals surface area contributed by atoms with Crippen LogP contribution in [0.4, 0.5) is 5.82 Å². The second-order valence-electron chi connectivity index (χ2n) is 5.47. The maximum Gasteiger partial charge on any atom is 0.253 e. The van der Waals surface area contributed by atoms with Crippen molar-refractivity contribution >= 4 is 11.7 Å². The van der Waals surface area contributed by atoms with Crippen LogP contribution in [0.25, 0.3) is 0 Å². The third-order valence-electron chi connectivity index (χ3n) is 4.13. The molecule has 1 amide bonds. The summed E-state index contributed by atoms with van der Waals surface area (Å²) in [5.74, 6) is 0.511. The summed E-state index contributed by atoms with van der Waals surface area (Å²) in [5.41, 5.74) is 0.236. The number of hydrogen-bond donors (Lipinski definition) is 1. The minimum Gasteiger partial charge on any atom is -0.308 e. The van der Waals surface area contributed by atoms with Crippen molar-refractivity contribution in [2.75, 3.05) is 5.32 Å². The van der Waals surface area contributed by atoms with Crippen molar-refractivity contribution in [3.05, 3.63) is 30.2 Å². The van der Waals surface area contributed by atoms with E-state index < -0.39 is 5.54 Å². The fourth-order valence-electron chi connectivity index (χ4n) is 2.89. The highest BCUT2D eigenvalue weighted by Crippen LogP contribution is 2.35. The second-order valence-corrected chi connectivity index (χ2v) is 5.47. The van der Waals surface area contributed by atoms with Crippen LogP contribution in [0, 0.1) is 6.92 Å². The number of carbonyl (C=O) groups excluding carboxylic acids is 1. The molecule has 0 aromatic carbocycles. The highest BCUT2D eigenvalue weighted by molar-refractivity contribution is 5.96. The van der Waals surface area contributed by atoms with Gasteiger partial charge in [0.1, 0.15) is 17.7 Å². The number of nitrogens with one attached hydrogen (secondary N) is 1. The summed E-state index contributed by atoms with van der Waals surface area (Å²) in [5, 5.41) is 14.3. The highest BCUT2D eigenvalue weighted by Gasteiger charge is 2.42. The molecule has 0 aliphatic heterocycles. The van der Waals surface area contributed by atoms with Gasteiger partial charge in [0.05, 0.1) is 0 Å². The van der Waals surface area contributed by atoms with Crippen molar-refractivity contribution < 1.29 is 4.79 Å². The third-order valence-corrected chi connectivity index (χ3v) is 4.13. The molecule has 0 unspecified atom stereocenters. The number of aromatic nitrogens is 5. The van der Waals surface area contributed by atoms with Crippen molar-refractivity contribution in [3.63, 3.8) is 0 Å². The van der Waals surface area contributed by atoms with Gasteiger partial charge in [-0.15, -0.1) is 5.10 Å². The van der Waals surface area contributed by atoms with E-state index in [9.17, 15) is 4.79 Å². The molecule has 2 heterocycles. The van der Waals surface area contributed by atoms with Gasteiger partial charge in [0.25, 0.3) is 5.91 Å². The molecule has 1 aliphatic rings. The molecular formula is C14H18N6O. The topological polar surface area (TPSA) is 85.6 Å². The summed E-state index contributed by atoms with van der Waals surface area (Å²) in [6.45, 7) is 1.92. The highest BCUT2D eigenvalue weighted by atomic mass is 16.2. The number of hydrogen-bond acceptors (Lipinski definition) is 5. The smallest absolute Gasteiger partial charge is 0.253 e. The van der Waals surface area contributed by atoms with Gasteiger partial charge in [-0.2, -0.15) is 0 Å². The largest absolute Gasteiger partial charge is 0.308 e. The molecule has 7 nitrogen and oxygen atoms in total. The van der Waals surface area contributed by atoms with Gasteiger partial charge >= 0.3 is 0 Å². The summed E-state index contributed by atoms with van der Waals surface area (Å²) in [7, 11) is 0. The Balaban J connectivity index is 1.90. The van der Waals surface area contributed by atoms with Crippen LogP contribution in [0.15, 0.2) is 24.7 Å². The number of anilines is 1. The van der Waals surface area contributed by atoms with E-state index in [0.717, 1.165) is 37.7 Å². The van der Waals surface area contributed by atoms with Crippen molar-refractivity contribution in [1.82, 2.24) is 25.2 Å². The number of aryl methyl sites for hydroxylation is 1. The first-order chi connectivity index (χ1) is 10.2. The number of rotatable bonds is 3. The van der Waals surface area contributed by atoms with E-state index in [-0.39, 0.29) is 5.91 Å². The number of tetrazole rings is 1. The van der Waals surface area contributed by atoms with Crippen LogP contribution in [0.5, 0.6) is 0 Å². The molecule has 0 bridgehead atoms. The van der Waals surface area contributed by atoms with Gasteiger partial charge in [0.15, 0.2) is 0 Å². The lowest BCUT2D eigenvalue weighted by Gasteiger charge is -2.35. The first-order valence-electron chi connectivity index (χ1n) is 7.19. The number of pyridine rings is 1. The van der Waals surface area contributed by atoms with Crippen molar-refractivity contribution in [2.24, 2.45) is 0 Å². The summed E-state index contributed by atoms with van der Waals surface area (Å²) in [6, 6.07) is 3.77. The average Bonchev–Trinajstić information content (AvgIpc) is 3.05. The van der Waals surface area contributed by atoms with Crippen molar-refractivity contribution in [3.8, 4) is 0 Å². The maximum absolute atomic E-state index is 12.9. The molecule has 1 fully saturated rings. The monoisotopic (exact) mass is 286 g/mol. The van der Waals surface area contributed by atoms with Crippen LogP contribution in [-0.4, -0.2) is 31.1 Å². The zero-order valence-electron chi connectivity index (χ0n) is 12.0. The third kappa shape index (κ3) is 2.51. The van der Waals surface area contributed by atoms with E-state index in [1.54, 1.807) is 10.9 Å². The molecular weight excluding hydrogens is 268 g/mol. The SMILES string of the molecule is Cc1cccnc1NC(=O)C1(n2cnnn2)CCCCC1. The lowest BCUT2D eigenvalue weighted by molar-refractivity contribution is -0.126. The Bertz CT molecular complexity index is 618. The molecule has 1 aliphatic carbocycles. The Morgan fingerprint density at radius 1 is 1.33 bits per heavy atom. The van der Waals surface area contributed by atoms with Crippen LogP contribution < -0.4 is 5.32 Å². The summed E-state index contributed by atoms with van der Waals surface area (Å²) in [4.78, 5) is 17.1. The minimum atomic E-state index is -0.703. The quantitative estimate of drug-likeness (QED) is 0.927. The molecule has 0 spiro atoms. The molecule has 1 saturated carbocycles. The predicted molar refractivity (Wildman–Crippen MR) is 76.5 cm³/mol. The van der Waals surface area contributed by atoms with Crippen LogP contribution in [-0.2, 0) is 10.3 Å². The molecule has 1 N–H and O–H groups in total. The molecule has 3 rings (SSSR count). The predicted octanol–water partition coefficient (Wildman–Crippen LogP) is 1.67. The Kier molecular flexibility index (Phi) is 3.64. The van der Waals surface area contributed by atoms with Gasteiger partial charge in [0.2, 0.25) is 0 Å². The van der Waals surface area contributed by atoms with Gasteiger partial charge in [-0.3, -0.25) is 4.79 Å². The first kappa shape index (κ1) is 13.7. The molecule has 110 valence electrons. The Morgan fingerprint density at radius 2 is 2.14 bits per heavy atom. The molecule has 0 radical (unpaired) electrons. The lowest BCUT2D eigenvalue weighted by Crippen LogP contribution is -2.47. The summed E-state index contributed by atoms with van der Waals surface area (Å²) in [6.07, 6.45) is 7.82. The number of amides is 1.